The molecule has 9 heteroatoms. The van der Waals surface area contributed by atoms with Crippen molar-refractivity contribution in [3.63, 3.8) is 0 Å². The molecule has 0 aliphatic carbocycles. The number of alkyl halides is 3. The summed E-state index contributed by atoms with van der Waals surface area (Å²) in [5, 5.41) is 0.00452. The first-order chi connectivity index (χ1) is 9.18. The van der Waals surface area contributed by atoms with Crippen molar-refractivity contribution < 1.29 is 9.15 Å². The molecular formula is C11H4Cl6O3. The van der Waals surface area contributed by atoms with E-state index in [1.54, 1.807) is 0 Å². The Kier molecular flexibility index (Phi) is 4.60. The number of halogens is 6. The monoisotopic (exact) mass is 394 g/mol. The Hall–Kier alpha value is -0.0300. The van der Waals surface area contributed by atoms with Crippen molar-refractivity contribution in [2.75, 3.05) is 7.11 Å². The summed E-state index contributed by atoms with van der Waals surface area (Å²) in [5.41, 5.74) is -0.961. The van der Waals surface area contributed by atoms with E-state index in [1.165, 1.54) is 13.2 Å². The van der Waals surface area contributed by atoms with Crippen LogP contribution in [-0.4, -0.2) is 7.11 Å². The molecule has 2 aromatic rings. The summed E-state index contributed by atoms with van der Waals surface area (Å²) in [5.74, 6) is 0.140. The smallest absolute Gasteiger partial charge is 0.355 e. The van der Waals surface area contributed by atoms with E-state index in [0.29, 0.717) is 0 Å². The third kappa shape index (κ3) is 2.68. The van der Waals surface area contributed by atoms with Crippen LogP contribution in [0.4, 0.5) is 0 Å². The van der Waals surface area contributed by atoms with Crippen molar-refractivity contribution in [1.82, 2.24) is 0 Å². The summed E-state index contributed by atoms with van der Waals surface area (Å²) >= 11 is 35.5. The highest BCUT2D eigenvalue weighted by Crippen LogP contribution is 2.48. The van der Waals surface area contributed by atoms with Gasteiger partial charge < -0.3 is 9.15 Å². The van der Waals surface area contributed by atoms with Crippen LogP contribution >= 0.6 is 69.6 Å². The standard InChI is InChI=1S/C11H4Cl6O3/c1-19-9-4(12)2-3-5(11(15,16)17)6(13)10(18)20-8(3)7(9)14/h2H,1H3. The predicted octanol–water partition coefficient (Wildman–Crippen LogP) is 5.59. The lowest BCUT2D eigenvalue weighted by molar-refractivity contribution is 0.414. The molecular weight excluding hydrogens is 393 g/mol. The zero-order valence-electron chi connectivity index (χ0n) is 9.57. The molecule has 0 aliphatic rings. The van der Waals surface area contributed by atoms with E-state index in [0.717, 1.165) is 0 Å². The Balaban J connectivity index is 3.07. The maximum absolute atomic E-state index is 11.7. The van der Waals surface area contributed by atoms with Gasteiger partial charge in [-0.3, -0.25) is 0 Å². The molecule has 1 aromatic heterocycles. The van der Waals surface area contributed by atoms with Gasteiger partial charge in [-0.1, -0.05) is 69.6 Å². The molecule has 0 atom stereocenters. The topological polar surface area (TPSA) is 39.4 Å². The zero-order chi connectivity index (χ0) is 15.2. The molecule has 0 unspecified atom stereocenters. The van der Waals surface area contributed by atoms with Gasteiger partial charge in [-0.15, -0.1) is 0 Å². The molecule has 0 amide bonds. The summed E-state index contributed by atoms with van der Waals surface area (Å²) in [4.78, 5) is 11.7. The van der Waals surface area contributed by atoms with Crippen molar-refractivity contribution in [2.45, 2.75) is 3.79 Å². The number of fused-ring (bicyclic) bond motifs is 1. The number of ether oxygens (including phenoxy) is 1. The molecule has 20 heavy (non-hydrogen) atoms. The minimum Gasteiger partial charge on any atom is -0.493 e. The van der Waals surface area contributed by atoms with Crippen LogP contribution < -0.4 is 10.4 Å². The van der Waals surface area contributed by atoms with Crippen LogP contribution in [0.1, 0.15) is 5.56 Å². The van der Waals surface area contributed by atoms with E-state index in [9.17, 15) is 4.79 Å². The minimum absolute atomic E-state index is 0.0146. The van der Waals surface area contributed by atoms with E-state index in [-0.39, 0.29) is 37.4 Å². The largest absolute Gasteiger partial charge is 0.493 e. The van der Waals surface area contributed by atoms with Gasteiger partial charge in [0.25, 0.3) is 0 Å². The molecule has 0 N–H and O–H groups in total. The Labute approximate surface area is 143 Å². The highest BCUT2D eigenvalue weighted by Gasteiger charge is 2.32. The highest BCUT2D eigenvalue weighted by atomic mass is 35.6. The predicted molar refractivity (Wildman–Crippen MR) is 83.3 cm³/mol. The Morgan fingerprint density at radius 3 is 2.25 bits per heavy atom. The SMILES string of the molecule is COc1c(Cl)cc2c(C(Cl)(Cl)Cl)c(Cl)c(=O)oc2c1Cl. The Morgan fingerprint density at radius 2 is 1.75 bits per heavy atom. The fourth-order valence-corrected chi connectivity index (χ4v) is 3.36. The third-order valence-electron chi connectivity index (χ3n) is 2.48. The van der Waals surface area contributed by atoms with Crippen LogP contribution in [0.25, 0.3) is 11.0 Å². The van der Waals surface area contributed by atoms with Gasteiger partial charge in [-0.05, 0) is 6.07 Å². The van der Waals surface area contributed by atoms with E-state index in [4.69, 9.17) is 78.8 Å². The maximum atomic E-state index is 11.7. The van der Waals surface area contributed by atoms with Crippen molar-refractivity contribution >= 4 is 80.6 Å². The van der Waals surface area contributed by atoms with E-state index in [2.05, 4.69) is 0 Å². The first kappa shape index (κ1) is 16.3. The summed E-state index contributed by atoms with van der Waals surface area (Å²) in [6.45, 7) is 0. The molecule has 0 aliphatic heterocycles. The van der Waals surface area contributed by atoms with Crippen molar-refractivity contribution in [3.8, 4) is 5.75 Å². The second-order valence-electron chi connectivity index (χ2n) is 3.66. The molecule has 0 bridgehead atoms. The molecule has 108 valence electrons. The lowest BCUT2D eigenvalue weighted by Gasteiger charge is -2.16. The first-order valence-corrected chi connectivity index (χ1v) is 7.20. The third-order valence-corrected chi connectivity index (χ3v) is 4.02. The molecule has 1 aromatic carbocycles. The quantitative estimate of drug-likeness (QED) is 0.466. The van der Waals surface area contributed by atoms with Crippen LogP contribution in [0.2, 0.25) is 15.1 Å². The molecule has 0 saturated heterocycles. The van der Waals surface area contributed by atoms with Gasteiger partial charge in [-0.25, -0.2) is 4.79 Å². The minimum atomic E-state index is -1.95. The average molecular weight is 397 g/mol. The lowest BCUT2D eigenvalue weighted by Crippen LogP contribution is -2.11. The first-order valence-electron chi connectivity index (χ1n) is 4.94. The van der Waals surface area contributed by atoms with Crippen LogP contribution in [0.3, 0.4) is 0 Å². The maximum Gasteiger partial charge on any atom is 0.355 e. The molecule has 0 saturated carbocycles. The van der Waals surface area contributed by atoms with Gasteiger partial charge in [0.1, 0.15) is 10.0 Å². The van der Waals surface area contributed by atoms with Crippen LogP contribution in [-0.2, 0) is 3.79 Å². The number of hydrogen-bond acceptors (Lipinski definition) is 3. The Bertz CT molecular complexity index is 747. The molecule has 0 fully saturated rings. The highest BCUT2D eigenvalue weighted by molar-refractivity contribution is 6.67. The van der Waals surface area contributed by atoms with Gasteiger partial charge in [-0.2, -0.15) is 0 Å². The lowest BCUT2D eigenvalue weighted by atomic mass is 10.1. The van der Waals surface area contributed by atoms with Crippen LogP contribution in [0.15, 0.2) is 15.3 Å². The van der Waals surface area contributed by atoms with Gasteiger partial charge in [0.15, 0.2) is 11.3 Å². The summed E-state index contributed by atoms with van der Waals surface area (Å²) in [6.07, 6.45) is 0. The zero-order valence-corrected chi connectivity index (χ0v) is 14.1. The van der Waals surface area contributed by atoms with E-state index >= 15 is 0 Å². The number of methoxy groups -OCH3 is 1. The number of rotatable bonds is 1. The van der Waals surface area contributed by atoms with Crippen LogP contribution in [0, 0.1) is 0 Å². The van der Waals surface area contributed by atoms with Gasteiger partial charge in [0, 0.05) is 10.9 Å². The number of benzene rings is 1. The molecule has 3 nitrogen and oxygen atoms in total. The summed E-state index contributed by atoms with van der Waals surface area (Å²) in [7, 11) is 1.36. The van der Waals surface area contributed by atoms with Crippen molar-refractivity contribution in [1.29, 1.82) is 0 Å². The molecule has 1 heterocycles. The van der Waals surface area contributed by atoms with E-state index < -0.39 is 9.42 Å². The second kappa shape index (κ2) is 5.64. The average Bonchev–Trinajstić information content (AvgIpc) is 2.31. The van der Waals surface area contributed by atoms with Gasteiger partial charge in [0.05, 0.1) is 12.1 Å². The fourth-order valence-electron chi connectivity index (χ4n) is 1.69. The summed E-state index contributed by atoms with van der Waals surface area (Å²) in [6, 6.07) is 1.40. The second-order valence-corrected chi connectivity index (χ2v) is 7.10. The summed E-state index contributed by atoms with van der Waals surface area (Å²) < 4.78 is 8.09. The van der Waals surface area contributed by atoms with Crippen LogP contribution in [0.5, 0.6) is 5.75 Å². The molecule has 2 rings (SSSR count). The van der Waals surface area contributed by atoms with Crippen molar-refractivity contribution in [2.24, 2.45) is 0 Å². The fraction of sp³-hybridized carbons (Fsp3) is 0.182. The normalized spacial score (nSPS) is 11.9. The Morgan fingerprint density at radius 1 is 1.15 bits per heavy atom. The van der Waals surface area contributed by atoms with Gasteiger partial charge in [0.2, 0.25) is 3.79 Å². The van der Waals surface area contributed by atoms with Crippen molar-refractivity contribution in [3.05, 3.63) is 37.1 Å². The molecule has 0 spiro atoms. The van der Waals surface area contributed by atoms with E-state index in [1.807, 2.05) is 0 Å². The number of hydrogen-bond donors (Lipinski definition) is 0. The van der Waals surface area contributed by atoms with Gasteiger partial charge >= 0.3 is 5.63 Å². The molecule has 0 radical (unpaired) electrons.